The third-order valence-corrected chi connectivity index (χ3v) is 5.94. The molecule has 0 aromatic rings. The summed E-state index contributed by atoms with van der Waals surface area (Å²) in [4.78, 5) is 26.0. The quantitative estimate of drug-likeness (QED) is 0.410. The normalized spacial score (nSPS) is 18.9. The first kappa shape index (κ1) is 23.1. The van der Waals surface area contributed by atoms with Gasteiger partial charge in [0.15, 0.2) is 0 Å². The average molecular weight is 398 g/mol. The number of amides is 2. The van der Waals surface area contributed by atoms with Crippen molar-refractivity contribution in [3.05, 3.63) is 0 Å². The Balaban J connectivity index is 1.44. The van der Waals surface area contributed by atoms with Crippen LogP contribution in [0, 0.1) is 10.8 Å². The molecule has 0 atom stereocenters. The molecule has 0 aromatic heterocycles. The van der Waals surface area contributed by atoms with Gasteiger partial charge in [0.2, 0.25) is 11.8 Å². The summed E-state index contributed by atoms with van der Waals surface area (Å²) in [5, 5.41) is 5.89. The van der Waals surface area contributed by atoms with Crippen molar-refractivity contribution in [2.75, 3.05) is 52.6 Å². The first-order valence-electron chi connectivity index (χ1n) is 10.7. The standard InChI is InChI=1S/C21H39N3O4/c1-17(2)24(11-15-27-13-9-22-18(25)20(3)5-6-20)12-16-28-14-10-23-19(26)21(4)7-8-21/h17H,5-16H2,1-4H3,(H,22,25)(H,23,26). The summed E-state index contributed by atoms with van der Waals surface area (Å²) in [6, 6.07) is 0.413. The molecule has 7 heteroatoms. The Morgan fingerprint density at radius 2 is 1.21 bits per heavy atom. The monoisotopic (exact) mass is 397 g/mol. The van der Waals surface area contributed by atoms with E-state index in [1.54, 1.807) is 0 Å². The number of hydrogen-bond acceptors (Lipinski definition) is 5. The van der Waals surface area contributed by atoms with Gasteiger partial charge in [0.05, 0.1) is 26.4 Å². The Bertz CT molecular complexity index is 474. The predicted molar refractivity (Wildman–Crippen MR) is 109 cm³/mol. The van der Waals surface area contributed by atoms with Crippen LogP contribution in [0.5, 0.6) is 0 Å². The van der Waals surface area contributed by atoms with Crippen molar-refractivity contribution in [3.8, 4) is 0 Å². The molecule has 0 unspecified atom stereocenters. The number of nitrogens with zero attached hydrogens (tertiary/aromatic N) is 1. The first-order valence-corrected chi connectivity index (χ1v) is 10.7. The zero-order valence-electron chi connectivity index (χ0n) is 18.1. The second-order valence-corrected chi connectivity index (χ2v) is 8.99. The van der Waals surface area contributed by atoms with E-state index in [0.717, 1.165) is 38.8 Å². The van der Waals surface area contributed by atoms with Crippen molar-refractivity contribution in [3.63, 3.8) is 0 Å². The Morgan fingerprint density at radius 3 is 1.54 bits per heavy atom. The van der Waals surface area contributed by atoms with E-state index < -0.39 is 0 Å². The van der Waals surface area contributed by atoms with E-state index in [1.165, 1.54) is 0 Å². The summed E-state index contributed by atoms with van der Waals surface area (Å²) in [6.07, 6.45) is 3.99. The van der Waals surface area contributed by atoms with Gasteiger partial charge in [0, 0.05) is 43.1 Å². The Hall–Kier alpha value is -1.18. The maximum absolute atomic E-state index is 11.8. The fourth-order valence-electron chi connectivity index (χ4n) is 2.93. The molecule has 0 bridgehead atoms. The van der Waals surface area contributed by atoms with Crippen LogP contribution in [0.3, 0.4) is 0 Å². The van der Waals surface area contributed by atoms with E-state index in [1.807, 2.05) is 13.8 Å². The number of carbonyl (C=O) groups excluding carboxylic acids is 2. The van der Waals surface area contributed by atoms with Gasteiger partial charge in [0.25, 0.3) is 0 Å². The van der Waals surface area contributed by atoms with Gasteiger partial charge < -0.3 is 20.1 Å². The van der Waals surface area contributed by atoms with Gasteiger partial charge in [-0.3, -0.25) is 14.5 Å². The molecule has 0 radical (unpaired) electrons. The van der Waals surface area contributed by atoms with Crippen LogP contribution in [-0.4, -0.2) is 75.4 Å². The van der Waals surface area contributed by atoms with E-state index in [9.17, 15) is 9.59 Å². The maximum atomic E-state index is 11.8. The summed E-state index contributed by atoms with van der Waals surface area (Å²) >= 11 is 0. The van der Waals surface area contributed by atoms with Crippen LogP contribution < -0.4 is 10.6 Å². The molecule has 0 aliphatic heterocycles. The smallest absolute Gasteiger partial charge is 0.226 e. The van der Waals surface area contributed by atoms with E-state index in [0.29, 0.717) is 45.6 Å². The van der Waals surface area contributed by atoms with E-state index in [2.05, 4.69) is 29.4 Å². The van der Waals surface area contributed by atoms with Crippen molar-refractivity contribution in [1.82, 2.24) is 15.5 Å². The summed E-state index contributed by atoms with van der Waals surface area (Å²) in [5.74, 6) is 0.305. The highest BCUT2D eigenvalue weighted by atomic mass is 16.5. The number of nitrogens with one attached hydrogen (secondary N) is 2. The van der Waals surface area contributed by atoms with Gasteiger partial charge in [0.1, 0.15) is 0 Å². The topological polar surface area (TPSA) is 79.9 Å². The molecule has 0 heterocycles. The van der Waals surface area contributed by atoms with Crippen LogP contribution in [0.15, 0.2) is 0 Å². The Labute approximate surface area is 169 Å². The van der Waals surface area contributed by atoms with E-state index >= 15 is 0 Å². The molecule has 2 amide bonds. The molecule has 2 fully saturated rings. The van der Waals surface area contributed by atoms with E-state index in [4.69, 9.17) is 9.47 Å². The fraction of sp³-hybridized carbons (Fsp3) is 0.905. The molecule has 0 aromatic carbocycles. The maximum Gasteiger partial charge on any atom is 0.226 e. The third-order valence-electron chi connectivity index (χ3n) is 5.94. The van der Waals surface area contributed by atoms with Gasteiger partial charge in [-0.05, 0) is 39.5 Å². The van der Waals surface area contributed by atoms with Crippen LogP contribution in [0.4, 0.5) is 0 Å². The van der Waals surface area contributed by atoms with Crippen LogP contribution in [0.2, 0.25) is 0 Å². The SMILES string of the molecule is CC(C)N(CCOCCNC(=O)C1(C)CC1)CCOCCNC(=O)C1(C)CC1. The zero-order chi connectivity index (χ0) is 20.6. The zero-order valence-corrected chi connectivity index (χ0v) is 18.1. The molecular formula is C21H39N3O4. The van der Waals surface area contributed by atoms with Crippen molar-refractivity contribution in [2.24, 2.45) is 10.8 Å². The molecule has 2 rings (SSSR count). The summed E-state index contributed by atoms with van der Waals surface area (Å²) in [6.45, 7) is 13.5. The lowest BCUT2D eigenvalue weighted by molar-refractivity contribution is -0.126. The molecule has 2 N–H and O–H groups in total. The Kier molecular flexibility index (Phi) is 8.71. The molecule has 28 heavy (non-hydrogen) atoms. The van der Waals surface area contributed by atoms with Crippen molar-refractivity contribution < 1.29 is 19.1 Å². The summed E-state index contributed by atoms with van der Waals surface area (Å²) in [7, 11) is 0. The second-order valence-electron chi connectivity index (χ2n) is 8.99. The lowest BCUT2D eigenvalue weighted by Gasteiger charge is -2.26. The summed E-state index contributed by atoms with van der Waals surface area (Å²) < 4.78 is 11.3. The average Bonchev–Trinajstić information content (AvgIpc) is 3.57. The number of rotatable bonds is 15. The molecule has 2 aliphatic carbocycles. The molecule has 0 saturated heterocycles. The number of hydrogen-bond donors (Lipinski definition) is 2. The van der Waals surface area contributed by atoms with Crippen LogP contribution >= 0.6 is 0 Å². The molecular weight excluding hydrogens is 358 g/mol. The van der Waals surface area contributed by atoms with Gasteiger partial charge >= 0.3 is 0 Å². The lowest BCUT2D eigenvalue weighted by Crippen LogP contribution is -2.38. The highest BCUT2D eigenvalue weighted by Gasteiger charge is 2.45. The number of carbonyl (C=O) groups is 2. The molecule has 7 nitrogen and oxygen atoms in total. The minimum Gasteiger partial charge on any atom is -0.378 e. The molecule has 162 valence electrons. The highest BCUT2D eigenvalue weighted by Crippen LogP contribution is 2.45. The first-order chi connectivity index (χ1) is 13.3. The van der Waals surface area contributed by atoms with Gasteiger partial charge in [-0.1, -0.05) is 13.8 Å². The predicted octanol–water partition coefficient (Wildman–Crippen LogP) is 1.56. The number of ether oxygens (including phenoxy) is 2. The van der Waals surface area contributed by atoms with Crippen LogP contribution in [-0.2, 0) is 19.1 Å². The van der Waals surface area contributed by atoms with Crippen molar-refractivity contribution >= 4 is 11.8 Å². The minimum atomic E-state index is -0.118. The van der Waals surface area contributed by atoms with Gasteiger partial charge in [-0.15, -0.1) is 0 Å². The third kappa shape index (κ3) is 7.68. The minimum absolute atomic E-state index is 0.118. The van der Waals surface area contributed by atoms with Gasteiger partial charge in [-0.2, -0.15) is 0 Å². The van der Waals surface area contributed by atoms with Crippen LogP contribution in [0.1, 0.15) is 53.4 Å². The van der Waals surface area contributed by atoms with E-state index in [-0.39, 0.29) is 22.6 Å². The molecule has 0 spiro atoms. The Morgan fingerprint density at radius 1 is 0.821 bits per heavy atom. The largest absolute Gasteiger partial charge is 0.378 e. The highest BCUT2D eigenvalue weighted by molar-refractivity contribution is 5.85. The second kappa shape index (κ2) is 10.6. The molecule has 2 aliphatic rings. The van der Waals surface area contributed by atoms with Gasteiger partial charge in [-0.25, -0.2) is 0 Å². The van der Waals surface area contributed by atoms with Crippen LogP contribution in [0.25, 0.3) is 0 Å². The van der Waals surface area contributed by atoms with Crippen molar-refractivity contribution in [2.45, 2.75) is 59.4 Å². The van der Waals surface area contributed by atoms with Crippen molar-refractivity contribution in [1.29, 1.82) is 0 Å². The summed E-state index contributed by atoms with van der Waals surface area (Å²) in [5.41, 5.74) is -0.236. The molecule has 2 saturated carbocycles. The fourth-order valence-corrected chi connectivity index (χ4v) is 2.93. The lowest BCUT2D eigenvalue weighted by atomic mass is 10.1.